The molecule has 120 valence electrons. The average molecular weight is 308 g/mol. The Morgan fingerprint density at radius 2 is 2.00 bits per heavy atom. The molecule has 5 nitrogen and oxygen atoms in total. The first-order valence-corrected chi connectivity index (χ1v) is 7.66. The Morgan fingerprint density at radius 1 is 1.27 bits per heavy atom. The fourth-order valence-electron chi connectivity index (χ4n) is 3.16. The minimum absolute atomic E-state index is 0.0369. The zero-order chi connectivity index (χ0) is 15.5. The molecular weight excluding hydrogens is 287 g/mol. The van der Waals surface area contributed by atoms with Crippen molar-refractivity contribution in [1.82, 2.24) is 9.80 Å². The molecule has 0 saturated carbocycles. The molecule has 2 atom stereocenters. The Labute approximate surface area is 129 Å². The molecule has 0 unspecified atom stereocenters. The van der Waals surface area contributed by atoms with E-state index in [1.165, 1.54) is 6.07 Å². The van der Waals surface area contributed by atoms with Crippen LogP contribution in [0.15, 0.2) is 24.3 Å². The number of aliphatic hydroxyl groups excluding tert-OH is 1. The van der Waals surface area contributed by atoms with Gasteiger partial charge in [0.25, 0.3) is 0 Å². The molecule has 1 aromatic carbocycles. The summed E-state index contributed by atoms with van der Waals surface area (Å²) >= 11 is 0. The van der Waals surface area contributed by atoms with Crippen LogP contribution in [-0.2, 0) is 16.0 Å². The Hall–Kier alpha value is -1.50. The second-order valence-electron chi connectivity index (χ2n) is 5.85. The molecule has 0 aromatic heterocycles. The average Bonchev–Trinajstić information content (AvgIpc) is 2.92. The SMILES string of the molecule is O=C(Cc1ccccc1F)N1C[C@@H](O)[C@H](N2CCOCC2)C1. The minimum atomic E-state index is -0.553. The number of amides is 1. The van der Waals surface area contributed by atoms with Crippen molar-refractivity contribution >= 4 is 5.91 Å². The maximum atomic E-state index is 13.6. The summed E-state index contributed by atoms with van der Waals surface area (Å²) in [5.41, 5.74) is 0.400. The van der Waals surface area contributed by atoms with Crippen LogP contribution in [0, 0.1) is 5.82 Å². The molecule has 0 radical (unpaired) electrons. The molecule has 1 aromatic rings. The summed E-state index contributed by atoms with van der Waals surface area (Å²) in [4.78, 5) is 16.2. The number of hydrogen-bond donors (Lipinski definition) is 1. The van der Waals surface area contributed by atoms with Gasteiger partial charge in [-0.25, -0.2) is 4.39 Å². The van der Waals surface area contributed by atoms with E-state index in [0.717, 1.165) is 13.1 Å². The number of β-amino-alcohol motifs (C(OH)–C–C–N with tert-alkyl or cyclic N) is 1. The summed E-state index contributed by atoms with van der Waals surface area (Å²) in [6, 6.07) is 6.27. The third kappa shape index (κ3) is 3.29. The Bertz CT molecular complexity index is 534. The summed E-state index contributed by atoms with van der Waals surface area (Å²) in [7, 11) is 0. The molecular formula is C16H21FN2O3. The second-order valence-corrected chi connectivity index (χ2v) is 5.85. The van der Waals surface area contributed by atoms with Crippen LogP contribution in [0.4, 0.5) is 4.39 Å². The predicted octanol–water partition coefficient (Wildman–Crippen LogP) is 0.272. The number of morpholine rings is 1. The number of carbonyl (C=O) groups excluding carboxylic acids is 1. The van der Waals surface area contributed by atoms with Crippen LogP contribution in [-0.4, -0.2) is 72.4 Å². The van der Waals surface area contributed by atoms with Crippen molar-refractivity contribution in [3.8, 4) is 0 Å². The second kappa shape index (κ2) is 6.73. The molecule has 0 spiro atoms. The van der Waals surface area contributed by atoms with Gasteiger partial charge < -0.3 is 14.7 Å². The van der Waals surface area contributed by atoms with Gasteiger partial charge in [-0.3, -0.25) is 9.69 Å². The van der Waals surface area contributed by atoms with Crippen molar-refractivity contribution in [2.75, 3.05) is 39.4 Å². The number of nitrogens with zero attached hydrogens (tertiary/aromatic N) is 2. The van der Waals surface area contributed by atoms with Gasteiger partial charge in [0, 0.05) is 26.2 Å². The standard InChI is InChI=1S/C16H21FN2O3/c17-13-4-2-1-3-12(13)9-16(21)19-10-14(15(20)11-19)18-5-7-22-8-6-18/h1-4,14-15,20H,5-11H2/t14-,15-/m1/s1. The van der Waals surface area contributed by atoms with Crippen LogP contribution in [0.3, 0.4) is 0 Å². The zero-order valence-electron chi connectivity index (χ0n) is 12.4. The van der Waals surface area contributed by atoms with Crippen LogP contribution < -0.4 is 0 Å². The highest BCUT2D eigenvalue weighted by molar-refractivity contribution is 5.79. The lowest BCUT2D eigenvalue weighted by atomic mass is 10.1. The van der Waals surface area contributed by atoms with Crippen LogP contribution in [0.2, 0.25) is 0 Å². The predicted molar refractivity (Wildman–Crippen MR) is 78.9 cm³/mol. The van der Waals surface area contributed by atoms with E-state index >= 15 is 0 Å². The molecule has 2 aliphatic rings. The Balaban J connectivity index is 1.61. The van der Waals surface area contributed by atoms with E-state index in [4.69, 9.17) is 4.74 Å². The molecule has 2 aliphatic heterocycles. The highest BCUT2D eigenvalue weighted by Crippen LogP contribution is 2.19. The highest BCUT2D eigenvalue weighted by Gasteiger charge is 2.38. The molecule has 22 heavy (non-hydrogen) atoms. The fourth-order valence-corrected chi connectivity index (χ4v) is 3.16. The number of rotatable bonds is 3. The molecule has 2 fully saturated rings. The first kappa shape index (κ1) is 15.4. The quantitative estimate of drug-likeness (QED) is 0.871. The van der Waals surface area contributed by atoms with Gasteiger partial charge >= 0.3 is 0 Å². The molecule has 3 rings (SSSR count). The minimum Gasteiger partial charge on any atom is -0.390 e. The van der Waals surface area contributed by atoms with E-state index in [0.29, 0.717) is 31.9 Å². The molecule has 2 saturated heterocycles. The third-order valence-corrected chi connectivity index (χ3v) is 4.43. The number of benzene rings is 1. The number of likely N-dealkylation sites (tertiary alicyclic amines) is 1. The summed E-state index contributed by atoms with van der Waals surface area (Å²) < 4.78 is 19.0. The van der Waals surface area contributed by atoms with Gasteiger partial charge in [0.2, 0.25) is 5.91 Å². The summed E-state index contributed by atoms with van der Waals surface area (Å²) in [5, 5.41) is 10.2. The van der Waals surface area contributed by atoms with Crippen LogP contribution in [0.5, 0.6) is 0 Å². The topological polar surface area (TPSA) is 53.0 Å². The van der Waals surface area contributed by atoms with Gasteiger partial charge in [-0.1, -0.05) is 18.2 Å². The maximum absolute atomic E-state index is 13.6. The monoisotopic (exact) mass is 308 g/mol. The number of hydrogen-bond acceptors (Lipinski definition) is 4. The van der Waals surface area contributed by atoms with Gasteiger partial charge in [-0.2, -0.15) is 0 Å². The van der Waals surface area contributed by atoms with Crippen molar-refractivity contribution in [2.24, 2.45) is 0 Å². The summed E-state index contributed by atoms with van der Waals surface area (Å²) in [6.07, 6.45) is -0.516. The van der Waals surface area contributed by atoms with Gasteiger partial charge in [-0.15, -0.1) is 0 Å². The molecule has 0 aliphatic carbocycles. The Morgan fingerprint density at radius 3 is 2.73 bits per heavy atom. The van der Waals surface area contributed by atoms with Crippen molar-refractivity contribution in [1.29, 1.82) is 0 Å². The third-order valence-electron chi connectivity index (χ3n) is 4.43. The van der Waals surface area contributed by atoms with Gasteiger partial charge in [0.15, 0.2) is 0 Å². The molecule has 0 bridgehead atoms. The fraction of sp³-hybridized carbons (Fsp3) is 0.562. The van der Waals surface area contributed by atoms with Crippen molar-refractivity contribution < 1.29 is 19.0 Å². The molecule has 1 N–H and O–H groups in total. The van der Waals surface area contributed by atoms with E-state index in [-0.39, 0.29) is 24.2 Å². The first-order chi connectivity index (χ1) is 10.6. The van der Waals surface area contributed by atoms with Crippen molar-refractivity contribution in [3.63, 3.8) is 0 Å². The largest absolute Gasteiger partial charge is 0.390 e. The van der Waals surface area contributed by atoms with E-state index in [1.54, 1.807) is 23.1 Å². The van der Waals surface area contributed by atoms with E-state index in [1.807, 2.05) is 0 Å². The van der Waals surface area contributed by atoms with E-state index < -0.39 is 6.10 Å². The molecule has 1 amide bonds. The molecule has 2 heterocycles. The number of aliphatic hydroxyl groups is 1. The van der Waals surface area contributed by atoms with Crippen molar-refractivity contribution in [2.45, 2.75) is 18.6 Å². The van der Waals surface area contributed by atoms with Crippen LogP contribution >= 0.6 is 0 Å². The van der Waals surface area contributed by atoms with Crippen molar-refractivity contribution in [3.05, 3.63) is 35.6 Å². The molecule has 6 heteroatoms. The van der Waals surface area contributed by atoms with E-state index in [9.17, 15) is 14.3 Å². The lowest BCUT2D eigenvalue weighted by Gasteiger charge is -2.33. The van der Waals surface area contributed by atoms with Crippen LogP contribution in [0.25, 0.3) is 0 Å². The highest BCUT2D eigenvalue weighted by atomic mass is 19.1. The lowest BCUT2D eigenvalue weighted by Crippen LogP contribution is -2.49. The zero-order valence-corrected chi connectivity index (χ0v) is 12.4. The normalized spacial score (nSPS) is 26.4. The van der Waals surface area contributed by atoms with E-state index in [2.05, 4.69) is 4.90 Å². The van der Waals surface area contributed by atoms with Crippen LogP contribution in [0.1, 0.15) is 5.56 Å². The first-order valence-electron chi connectivity index (χ1n) is 7.66. The summed E-state index contributed by atoms with van der Waals surface area (Å²) in [5.74, 6) is -0.500. The van der Waals surface area contributed by atoms with Gasteiger partial charge in [0.1, 0.15) is 5.82 Å². The van der Waals surface area contributed by atoms with Gasteiger partial charge in [0.05, 0.1) is 31.8 Å². The number of carbonyl (C=O) groups is 1. The smallest absolute Gasteiger partial charge is 0.227 e. The summed E-state index contributed by atoms with van der Waals surface area (Å²) in [6.45, 7) is 3.68. The number of halogens is 1. The lowest BCUT2D eigenvalue weighted by molar-refractivity contribution is -0.129. The van der Waals surface area contributed by atoms with Gasteiger partial charge in [-0.05, 0) is 11.6 Å². The number of ether oxygens (including phenoxy) is 1. The Kier molecular flexibility index (Phi) is 4.71. The maximum Gasteiger partial charge on any atom is 0.227 e.